The molecule has 0 unspecified atom stereocenters. The second-order valence-corrected chi connectivity index (χ2v) is 8.44. The summed E-state index contributed by atoms with van der Waals surface area (Å²) in [5.74, 6) is -5.17. The van der Waals surface area contributed by atoms with Crippen molar-refractivity contribution in [1.29, 1.82) is 0 Å². The van der Waals surface area contributed by atoms with Gasteiger partial charge < -0.3 is 49.9 Å². The molecule has 0 aliphatic rings. The maximum atomic E-state index is 13.1. The third-order valence-corrected chi connectivity index (χ3v) is 4.71. The molecule has 6 amide bonds. The van der Waals surface area contributed by atoms with Crippen molar-refractivity contribution >= 4 is 41.4 Å². The molecule has 36 heavy (non-hydrogen) atoms. The number of guanidine groups is 1. The average molecular weight is 515 g/mol. The van der Waals surface area contributed by atoms with Gasteiger partial charge in [-0.1, -0.05) is 13.8 Å². The number of nitrogens with two attached hydrogens (primary N) is 5. The SMILES string of the molecule is CC(C)[C@H](NC(=O)[C@H](CCCN=C(N)N)NC(=O)[C@H](CC(N)=O)NC(=O)[C@H](C)N)C(=O)NCC(N)=O. The average Bonchev–Trinajstić information content (AvgIpc) is 2.76. The van der Waals surface area contributed by atoms with Gasteiger partial charge >= 0.3 is 0 Å². The molecule has 16 nitrogen and oxygen atoms in total. The van der Waals surface area contributed by atoms with Crippen LogP contribution in [0.1, 0.15) is 40.0 Å². The minimum Gasteiger partial charge on any atom is -0.370 e. The largest absolute Gasteiger partial charge is 0.370 e. The monoisotopic (exact) mass is 514 g/mol. The van der Waals surface area contributed by atoms with Crippen molar-refractivity contribution in [1.82, 2.24) is 21.3 Å². The molecule has 0 aromatic carbocycles. The lowest BCUT2D eigenvalue weighted by Crippen LogP contribution is -2.59. The van der Waals surface area contributed by atoms with Crippen molar-refractivity contribution in [2.24, 2.45) is 39.6 Å². The van der Waals surface area contributed by atoms with Crippen molar-refractivity contribution in [3.8, 4) is 0 Å². The first kappa shape index (κ1) is 32.0. The Hall–Kier alpha value is -3.95. The molecule has 14 N–H and O–H groups in total. The number of aliphatic imine (C=N–C) groups is 1. The summed E-state index contributed by atoms with van der Waals surface area (Å²) in [6, 6.07) is -4.64. The van der Waals surface area contributed by atoms with E-state index in [0.29, 0.717) is 0 Å². The molecule has 0 spiro atoms. The molecule has 4 atom stereocenters. The van der Waals surface area contributed by atoms with Crippen molar-refractivity contribution in [3.63, 3.8) is 0 Å². The van der Waals surface area contributed by atoms with Crippen molar-refractivity contribution in [2.75, 3.05) is 13.1 Å². The van der Waals surface area contributed by atoms with Gasteiger partial charge in [0.2, 0.25) is 35.4 Å². The summed E-state index contributed by atoms with van der Waals surface area (Å²) in [5, 5.41) is 9.61. The van der Waals surface area contributed by atoms with Gasteiger partial charge in [0, 0.05) is 6.54 Å². The first-order chi connectivity index (χ1) is 16.6. The summed E-state index contributed by atoms with van der Waals surface area (Å²) < 4.78 is 0. The van der Waals surface area contributed by atoms with Crippen LogP contribution < -0.4 is 49.9 Å². The van der Waals surface area contributed by atoms with Gasteiger partial charge in [-0.05, 0) is 25.7 Å². The van der Waals surface area contributed by atoms with Crippen LogP contribution >= 0.6 is 0 Å². The number of nitrogens with zero attached hydrogens (tertiary/aromatic N) is 1. The zero-order valence-corrected chi connectivity index (χ0v) is 20.7. The molecule has 0 bridgehead atoms. The van der Waals surface area contributed by atoms with Gasteiger partial charge in [-0.25, -0.2) is 0 Å². The minimum atomic E-state index is -1.39. The summed E-state index contributed by atoms with van der Waals surface area (Å²) in [6.45, 7) is 4.41. The number of rotatable bonds is 16. The van der Waals surface area contributed by atoms with Crippen LogP contribution in [0.15, 0.2) is 4.99 Å². The molecule has 0 fully saturated rings. The summed E-state index contributed by atoms with van der Waals surface area (Å²) in [7, 11) is 0. The van der Waals surface area contributed by atoms with E-state index in [1.807, 2.05) is 0 Å². The number of nitrogens with one attached hydrogen (secondary N) is 4. The Morgan fingerprint density at radius 2 is 1.31 bits per heavy atom. The Labute approximate surface area is 208 Å². The number of carbonyl (C=O) groups excluding carboxylic acids is 6. The van der Waals surface area contributed by atoms with E-state index in [9.17, 15) is 28.8 Å². The highest BCUT2D eigenvalue weighted by Crippen LogP contribution is 2.06. The van der Waals surface area contributed by atoms with Crippen LogP contribution in [0.25, 0.3) is 0 Å². The molecule has 0 saturated heterocycles. The predicted molar refractivity (Wildman–Crippen MR) is 130 cm³/mol. The van der Waals surface area contributed by atoms with Gasteiger partial charge in [-0.15, -0.1) is 0 Å². The molecule has 204 valence electrons. The molecule has 0 aliphatic carbocycles. The highest BCUT2D eigenvalue weighted by atomic mass is 16.2. The quantitative estimate of drug-likeness (QED) is 0.0540. The molecule has 0 aromatic rings. The van der Waals surface area contributed by atoms with E-state index in [4.69, 9.17) is 28.7 Å². The van der Waals surface area contributed by atoms with E-state index in [0.717, 1.165) is 0 Å². The van der Waals surface area contributed by atoms with E-state index >= 15 is 0 Å². The number of hydrogen-bond donors (Lipinski definition) is 9. The maximum absolute atomic E-state index is 13.1. The molecule has 0 aliphatic heterocycles. The second kappa shape index (κ2) is 15.9. The fraction of sp³-hybridized carbons (Fsp3) is 0.650. The lowest BCUT2D eigenvalue weighted by atomic mass is 10.0. The fourth-order valence-corrected chi connectivity index (χ4v) is 2.83. The van der Waals surface area contributed by atoms with E-state index in [1.165, 1.54) is 6.92 Å². The molecule has 0 saturated carbocycles. The van der Waals surface area contributed by atoms with Gasteiger partial charge in [0.15, 0.2) is 5.96 Å². The van der Waals surface area contributed by atoms with Crippen molar-refractivity contribution in [2.45, 2.75) is 64.2 Å². The highest BCUT2D eigenvalue weighted by Gasteiger charge is 2.31. The molecule has 0 heterocycles. The Bertz CT molecular complexity index is 841. The summed E-state index contributed by atoms with van der Waals surface area (Å²) in [4.78, 5) is 76.6. The zero-order valence-electron chi connectivity index (χ0n) is 20.7. The van der Waals surface area contributed by atoms with Crippen LogP contribution in [0.5, 0.6) is 0 Å². The minimum absolute atomic E-state index is 0.0343. The molecule has 16 heteroatoms. The van der Waals surface area contributed by atoms with Gasteiger partial charge in [0.25, 0.3) is 0 Å². The van der Waals surface area contributed by atoms with Gasteiger partial charge in [-0.3, -0.25) is 33.8 Å². The third-order valence-electron chi connectivity index (χ3n) is 4.71. The van der Waals surface area contributed by atoms with E-state index in [1.54, 1.807) is 13.8 Å². The van der Waals surface area contributed by atoms with Crippen LogP contribution in [0.2, 0.25) is 0 Å². The predicted octanol–water partition coefficient (Wildman–Crippen LogP) is -5.03. The van der Waals surface area contributed by atoms with E-state index in [-0.39, 0.29) is 25.3 Å². The van der Waals surface area contributed by atoms with Gasteiger partial charge in [-0.2, -0.15) is 0 Å². The Kier molecular flexibility index (Phi) is 14.1. The zero-order chi connectivity index (χ0) is 28.0. The van der Waals surface area contributed by atoms with E-state index in [2.05, 4.69) is 26.3 Å². The topological polar surface area (TPSA) is 293 Å². The summed E-state index contributed by atoms with van der Waals surface area (Å²) in [5.41, 5.74) is 26.3. The van der Waals surface area contributed by atoms with Crippen molar-refractivity contribution in [3.05, 3.63) is 0 Å². The van der Waals surface area contributed by atoms with E-state index < -0.39 is 78.5 Å². The van der Waals surface area contributed by atoms with Crippen LogP contribution in [0.3, 0.4) is 0 Å². The Balaban J connectivity index is 5.71. The lowest BCUT2D eigenvalue weighted by molar-refractivity contribution is -0.135. The standard InChI is InChI=1S/C20H38N10O6/c1-9(2)15(19(36)27-8-14(23)32)30-17(34)11(5-4-6-26-20(24)25)28-18(35)12(7-13(22)31)29-16(33)10(3)21/h9-12,15H,4-8,21H2,1-3H3,(H2,22,31)(H2,23,32)(H,27,36)(H,28,35)(H,29,33)(H,30,34)(H4,24,25,26)/t10-,11-,12-,15-/m0/s1. The van der Waals surface area contributed by atoms with Crippen LogP contribution in [0, 0.1) is 5.92 Å². The highest BCUT2D eigenvalue weighted by molar-refractivity contribution is 5.96. The summed E-state index contributed by atoms with van der Waals surface area (Å²) in [6.07, 6.45) is -0.257. The van der Waals surface area contributed by atoms with Crippen LogP contribution in [0.4, 0.5) is 0 Å². The van der Waals surface area contributed by atoms with Crippen molar-refractivity contribution < 1.29 is 28.8 Å². The summed E-state index contributed by atoms with van der Waals surface area (Å²) >= 11 is 0. The van der Waals surface area contributed by atoms with Crippen LogP contribution in [-0.4, -0.2) is 78.7 Å². The van der Waals surface area contributed by atoms with Gasteiger partial charge in [0.05, 0.1) is 19.0 Å². The fourth-order valence-electron chi connectivity index (χ4n) is 2.83. The second-order valence-electron chi connectivity index (χ2n) is 8.44. The molecule has 0 aromatic heterocycles. The Morgan fingerprint density at radius 1 is 0.750 bits per heavy atom. The van der Waals surface area contributed by atoms with Crippen LogP contribution in [-0.2, 0) is 28.8 Å². The first-order valence-corrected chi connectivity index (χ1v) is 11.2. The maximum Gasteiger partial charge on any atom is 0.243 e. The first-order valence-electron chi connectivity index (χ1n) is 11.2. The lowest BCUT2D eigenvalue weighted by Gasteiger charge is -2.26. The molecular weight excluding hydrogens is 476 g/mol. The number of hydrogen-bond acceptors (Lipinski definition) is 8. The molecular formula is C20H38N10O6. The molecule has 0 radical (unpaired) electrons. The number of amides is 6. The number of primary amides is 2. The third kappa shape index (κ3) is 13.1. The Morgan fingerprint density at radius 3 is 1.78 bits per heavy atom. The number of carbonyl (C=O) groups is 6. The normalized spacial score (nSPS) is 13.9. The smallest absolute Gasteiger partial charge is 0.243 e. The molecule has 0 rings (SSSR count). The van der Waals surface area contributed by atoms with Gasteiger partial charge in [0.1, 0.15) is 18.1 Å².